The summed E-state index contributed by atoms with van der Waals surface area (Å²) >= 11 is 0. The fourth-order valence-electron chi connectivity index (χ4n) is 4.15. The topological polar surface area (TPSA) is 56.9 Å². The average Bonchev–Trinajstić information content (AvgIpc) is 2.94. The second-order valence-electron chi connectivity index (χ2n) is 7.29. The molecule has 29 heavy (non-hydrogen) atoms. The second kappa shape index (κ2) is 6.41. The van der Waals surface area contributed by atoms with Crippen LogP contribution in [-0.4, -0.2) is 14.1 Å². The number of hydrogen-bond acceptors (Lipinski definition) is 3. The highest BCUT2D eigenvalue weighted by Gasteiger charge is 2.22. The molecule has 2 heterocycles. The minimum Gasteiger partial charge on any atom is -0.318 e. The van der Waals surface area contributed by atoms with E-state index in [2.05, 4.69) is 11.9 Å². The molecule has 5 rings (SSSR count). The highest BCUT2D eigenvalue weighted by molar-refractivity contribution is 6.18. The van der Waals surface area contributed by atoms with Crippen LogP contribution in [0, 0.1) is 0 Å². The molecular weight excluding hydrogens is 362 g/mol. The Hall–Kier alpha value is -3.73. The minimum absolute atomic E-state index is 0.101. The van der Waals surface area contributed by atoms with Gasteiger partial charge in [-0.05, 0) is 29.3 Å². The molecule has 0 unspecified atom stereocenters. The molecule has 0 radical (unpaired) electrons. The van der Waals surface area contributed by atoms with E-state index in [0.29, 0.717) is 11.0 Å². The van der Waals surface area contributed by atoms with Crippen LogP contribution in [0.3, 0.4) is 0 Å². The highest BCUT2D eigenvalue weighted by Crippen LogP contribution is 2.34. The maximum Gasteiger partial charge on any atom is 0.352 e. The Morgan fingerprint density at radius 1 is 0.828 bits per heavy atom. The Morgan fingerprint density at radius 3 is 2.31 bits per heavy atom. The van der Waals surface area contributed by atoms with Crippen molar-refractivity contribution < 1.29 is 0 Å². The summed E-state index contributed by atoms with van der Waals surface area (Å²) in [5, 5.41) is 3.31. The van der Waals surface area contributed by atoms with Crippen LogP contribution in [0.4, 0.5) is 0 Å². The van der Waals surface area contributed by atoms with Crippen LogP contribution in [-0.2, 0) is 7.05 Å². The van der Waals surface area contributed by atoms with Crippen molar-refractivity contribution in [2.45, 2.75) is 13.0 Å². The number of hydrogen-bond donors (Lipinski definition) is 0. The molecule has 142 valence electrons. The zero-order valence-corrected chi connectivity index (χ0v) is 16.2. The molecule has 5 aromatic rings. The molecule has 0 amide bonds. The summed E-state index contributed by atoms with van der Waals surface area (Å²) in [6.45, 7) is 2.06. The van der Waals surface area contributed by atoms with Gasteiger partial charge in [-0.15, -0.1) is 0 Å². The van der Waals surface area contributed by atoms with E-state index in [1.165, 1.54) is 7.05 Å². The van der Waals surface area contributed by atoms with Gasteiger partial charge in [0.15, 0.2) is 5.65 Å². The second-order valence-corrected chi connectivity index (χ2v) is 7.29. The van der Waals surface area contributed by atoms with Crippen molar-refractivity contribution in [3.63, 3.8) is 0 Å². The van der Waals surface area contributed by atoms with Crippen molar-refractivity contribution in [2.75, 3.05) is 0 Å². The summed E-state index contributed by atoms with van der Waals surface area (Å²) in [7, 11) is 1.48. The first kappa shape index (κ1) is 17.4. The first-order valence-corrected chi connectivity index (χ1v) is 9.55. The average molecular weight is 381 g/mol. The van der Waals surface area contributed by atoms with Crippen molar-refractivity contribution in [3.05, 3.63) is 99.2 Å². The normalized spacial score (nSPS) is 12.6. The van der Waals surface area contributed by atoms with Gasteiger partial charge >= 0.3 is 5.69 Å². The number of rotatable bonds is 2. The van der Waals surface area contributed by atoms with Crippen LogP contribution in [0.25, 0.3) is 32.7 Å². The van der Waals surface area contributed by atoms with Crippen LogP contribution >= 0.6 is 0 Å². The molecule has 5 nitrogen and oxygen atoms in total. The molecule has 3 aromatic carbocycles. The molecule has 0 bridgehead atoms. The van der Waals surface area contributed by atoms with Crippen LogP contribution < -0.4 is 11.2 Å². The zero-order valence-electron chi connectivity index (χ0n) is 16.2. The van der Waals surface area contributed by atoms with Gasteiger partial charge in [0, 0.05) is 12.4 Å². The molecular formula is C24H19N3O2. The molecule has 0 fully saturated rings. The van der Waals surface area contributed by atoms with Crippen LogP contribution in [0.2, 0.25) is 0 Å². The fraction of sp³-hybridized carbons (Fsp3) is 0.125. The maximum atomic E-state index is 13.2. The maximum absolute atomic E-state index is 13.2. The van der Waals surface area contributed by atoms with Gasteiger partial charge in [-0.3, -0.25) is 9.36 Å². The van der Waals surface area contributed by atoms with Gasteiger partial charge < -0.3 is 4.57 Å². The number of fused-ring (bicyclic) bond motifs is 5. The predicted octanol–water partition coefficient (Wildman–Crippen LogP) is 4.01. The molecule has 0 saturated carbocycles. The van der Waals surface area contributed by atoms with E-state index in [1.54, 1.807) is 0 Å². The molecule has 2 aromatic heterocycles. The summed E-state index contributed by atoms with van der Waals surface area (Å²) < 4.78 is 3.09. The Labute approximate surface area is 166 Å². The van der Waals surface area contributed by atoms with Crippen molar-refractivity contribution in [3.8, 4) is 0 Å². The third kappa shape index (κ3) is 2.51. The van der Waals surface area contributed by atoms with E-state index in [4.69, 9.17) is 0 Å². The molecule has 0 saturated heterocycles. The molecule has 0 aliphatic rings. The Balaban J connectivity index is 2.08. The number of nitrogens with zero attached hydrogens (tertiary/aromatic N) is 3. The quantitative estimate of drug-likeness (QED) is 0.464. The van der Waals surface area contributed by atoms with Crippen molar-refractivity contribution in [1.82, 2.24) is 14.1 Å². The smallest absolute Gasteiger partial charge is 0.318 e. The third-order valence-corrected chi connectivity index (χ3v) is 5.65. The van der Waals surface area contributed by atoms with Crippen LogP contribution in [0.15, 0.2) is 82.4 Å². The first-order chi connectivity index (χ1) is 14.1. The minimum atomic E-state index is -0.541. The van der Waals surface area contributed by atoms with Gasteiger partial charge in [0.05, 0.1) is 16.9 Å². The van der Waals surface area contributed by atoms with E-state index in [1.807, 2.05) is 77.4 Å². The molecule has 1 atom stereocenters. The van der Waals surface area contributed by atoms with E-state index in [9.17, 15) is 9.59 Å². The number of benzene rings is 2. The van der Waals surface area contributed by atoms with E-state index < -0.39 is 5.69 Å². The Kier molecular flexibility index (Phi) is 3.84. The van der Waals surface area contributed by atoms with Gasteiger partial charge in [0.1, 0.15) is 0 Å². The number of aromatic nitrogens is 3. The lowest BCUT2D eigenvalue weighted by molar-refractivity contribution is 0.673. The lowest BCUT2D eigenvalue weighted by atomic mass is 10.1. The fourth-order valence-corrected chi connectivity index (χ4v) is 4.15. The Bertz CT molecular complexity index is 1510. The van der Waals surface area contributed by atoms with Gasteiger partial charge in [-0.25, -0.2) is 4.79 Å². The van der Waals surface area contributed by atoms with E-state index >= 15 is 0 Å². The summed E-state index contributed by atoms with van der Waals surface area (Å²) in [6.07, 6.45) is 0. The SMILES string of the molecule is C[C@H](c1ccccc1)n1c2cccc3ccccc3c2c2c(=O)n(C)c(=O)nc21. The van der Waals surface area contributed by atoms with Crippen molar-refractivity contribution >= 4 is 32.7 Å². The highest BCUT2D eigenvalue weighted by atomic mass is 16.2. The van der Waals surface area contributed by atoms with Crippen LogP contribution in [0.1, 0.15) is 18.5 Å². The van der Waals surface area contributed by atoms with Gasteiger partial charge in [0.2, 0.25) is 0 Å². The molecule has 5 heteroatoms. The van der Waals surface area contributed by atoms with Gasteiger partial charge in [-0.2, -0.15) is 4.98 Å². The van der Waals surface area contributed by atoms with Gasteiger partial charge in [0.25, 0.3) is 5.56 Å². The lowest BCUT2D eigenvalue weighted by Gasteiger charge is -2.16. The predicted molar refractivity (Wildman–Crippen MR) is 117 cm³/mol. The Morgan fingerprint density at radius 2 is 1.52 bits per heavy atom. The summed E-state index contributed by atoms with van der Waals surface area (Å²) in [4.78, 5) is 29.9. The zero-order chi connectivity index (χ0) is 20.1. The third-order valence-electron chi connectivity index (χ3n) is 5.65. The van der Waals surface area contributed by atoms with Crippen molar-refractivity contribution in [2.24, 2.45) is 7.05 Å². The summed E-state index contributed by atoms with van der Waals surface area (Å²) in [5.74, 6) is 0. The monoisotopic (exact) mass is 381 g/mol. The largest absolute Gasteiger partial charge is 0.352 e. The van der Waals surface area contributed by atoms with Crippen LogP contribution in [0.5, 0.6) is 0 Å². The molecule has 0 aliphatic carbocycles. The summed E-state index contributed by atoms with van der Waals surface area (Å²) in [6, 6.07) is 23.9. The van der Waals surface area contributed by atoms with Gasteiger partial charge in [-0.1, -0.05) is 66.7 Å². The van der Waals surface area contributed by atoms with E-state index in [-0.39, 0.29) is 11.6 Å². The first-order valence-electron chi connectivity index (χ1n) is 9.55. The summed E-state index contributed by atoms with van der Waals surface area (Å²) in [5.41, 5.74) is 1.53. The molecule has 0 aliphatic heterocycles. The van der Waals surface area contributed by atoms with E-state index in [0.717, 1.165) is 31.8 Å². The lowest BCUT2D eigenvalue weighted by Crippen LogP contribution is -2.32. The van der Waals surface area contributed by atoms with Crippen molar-refractivity contribution in [1.29, 1.82) is 0 Å². The molecule has 0 N–H and O–H groups in total. The standard InChI is InChI=1S/C24H19N3O2/c1-15(16-9-4-3-5-10-16)27-19-14-8-12-17-11-6-7-13-18(17)20(19)21-22(27)25-24(29)26(2)23(21)28/h3-15H,1-2H3/t15-/m1/s1. The molecule has 0 spiro atoms.